The number of unbranched alkanes of at least 4 members (excludes halogenated alkanes) is 1. The summed E-state index contributed by atoms with van der Waals surface area (Å²) in [6, 6.07) is 13.4. The van der Waals surface area contributed by atoms with E-state index in [1.165, 1.54) is 0 Å². The van der Waals surface area contributed by atoms with E-state index in [4.69, 9.17) is 43.2 Å². The molecule has 0 radical (unpaired) electrons. The molecule has 2 aromatic carbocycles. The van der Waals surface area contributed by atoms with E-state index in [9.17, 15) is 13.2 Å². The second-order valence-electron chi connectivity index (χ2n) is 7.05. The molecule has 0 amide bonds. The Kier molecular flexibility index (Phi) is 9.67. The first-order valence-corrected chi connectivity index (χ1v) is 10.9. The molecule has 11 heteroatoms. The molecule has 6 nitrogen and oxygen atoms in total. The minimum Gasteiger partial charge on any atom is -0.492 e. The molecule has 180 valence electrons. The Bertz CT molecular complexity index is 1140. The number of rotatable bonds is 8. The fourth-order valence-electron chi connectivity index (χ4n) is 3.06. The van der Waals surface area contributed by atoms with Crippen molar-refractivity contribution in [1.82, 2.24) is 9.13 Å². The van der Waals surface area contributed by atoms with Crippen molar-refractivity contribution in [3.05, 3.63) is 58.1 Å². The quantitative estimate of drug-likeness (QED) is 0.361. The van der Waals surface area contributed by atoms with E-state index < -0.39 is 12.1 Å². The number of ether oxygens (including phenoxy) is 1. The summed E-state index contributed by atoms with van der Waals surface area (Å²) in [5, 5.41) is 16.8. The Morgan fingerprint density at radius 1 is 1.06 bits per heavy atom. The Hall–Kier alpha value is -2.65. The molecule has 0 saturated carbocycles. The summed E-state index contributed by atoms with van der Waals surface area (Å²) < 4.78 is 41.6. The number of alkyl halides is 3. The molecular formula is C22H24Cl2F3N3O3. The number of hydrogen-bond donors (Lipinski definition) is 2. The summed E-state index contributed by atoms with van der Waals surface area (Å²) >= 11 is 12.0. The molecule has 1 aromatic heterocycles. The summed E-state index contributed by atoms with van der Waals surface area (Å²) in [7, 11) is 0. The SMILES string of the molecule is CCCCn1c(=N)n(CCCOc2ccc(Cl)cc2Cl)c2ccccc21.O=C(O)C(F)(F)F. The number of fused-ring (bicyclic) bond motifs is 1. The average Bonchev–Trinajstić information content (AvgIpc) is 3.01. The molecule has 2 N–H and O–H groups in total. The number of nitrogens with zero attached hydrogens (tertiary/aromatic N) is 2. The first kappa shape index (κ1) is 26.6. The lowest BCUT2D eigenvalue weighted by atomic mass is 10.3. The van der Waals surface area contributed by atoms with Crippen LogP contribution in [0.1, 0.15) is 26.2 Å². The number of benzene rings is 2. The second kappa shape index (κ2) is 12.0. The Morgan fingerprint density at radius 3 is 2.09 bits per heavy atom. The average molecular weight is 506 g/mol. The third-order valence-electron chi connectivity index (χ3n) is 4.63. The van der Waals surface area contributed by atoms with Crippen LogP contribution in [-0.2, 0) is 17.9 Å². The van der Waals surface area contributed by atoms with Crippen LogP contribution in [0.3, 0.4) is 0 Å². The van der Waals surface area contributed by atoms with Crippen molar-refractivity contribution in [1.29, 1.82) is 5.41 Å². The standard InChI is InChI=1S/C20H23Cl2N3O.C2HF3O2/c1-2-3-11-24-17-7-4-5-8-18(17)25(20(24)23)12-6-13-26-19-10-9-15(21)14-16(19)22;3-2(4,5)1(6)7/h4-5,7-10,14,23H,2-3,6,11-13H2,1H3;(H,6,7). The van der Waals surface area contributed by atoms with Crippen molar-refractivity contribution < 1.29 is 27.8 Å². The minimum absolute atomic E-state index is 0.516. The highest BCUT2D eigenvalue weighted by Gasteiger charge is 2.38. The van der Waals surface area contributed by atoms with Gasteiger partial charge >= 0.3 is 12.1 Å². The van der Waals surface area contributed by atoms with Crippen molar-refractivity contribution in [3.8, 4) is 5.75 Å². The number of nitrogens with one attached hydrogen (secondary N) is 1. The molecule has 0 unspecified atom stereocenters. The molecular weight excluding hydrogens is 482 g/mol. The number of hydrogen-bond acceptors (Lipinski definition) is 3. The summed E-state index contributed by atoms with van der Waals surface area (Å²) in [5.74, 6) is -2.12. The number of aromatic nitrogens is 2. The molecule has 3 rings (SSSR count). The highest BCUT2D eigenvalue weighted by atomic mass is 35.5. The Balaban J connectivity index is 0.000000479. The number of carboxylic acid groups (broad SMARTS) is 1. The van der Waals surface area contributed by atoms with Gasteiger partial charge in [-0.05, 0) is 43.2 Å². The molecule has 0 atom stereocenters. The summed E-state index contributed by atoms with van der Waals surface area (Å²) in [6.45, 7) is 4.30. The fourth-order valence-corrected chi connectivity index (χ4v) is 3.52. The zero-order valence-electron chi connectivity index (χ0n) is 17.8. The number of carboxylic acids is 1. The predicted molar refractivity (Wildman–Crippen MR) is 121 cm³/mol. The number of halogens is 5. The van der Waals surface area contributed by atoms with Gasteiger partial charge in [0.15, 0.2) is 0 Å². The topological polar surface area (TPSA) is 80.2 Å². The van der Waals surface area contributed by atoms with Crippen molar-refractivity contribution >= 4 is 40.2 Å². The molecule has 0 aliphatic carbocycles. The van der Waals surface area contributed by atoms with Gasteiger partial charge in [-0.25, -0.2) is 4.79 Å². The highest BCUT2D eigenvalue weighted by molar-refractivity contribution is 6.35. The third-order valence-corrected chi connectivity index (χ3v) is 5.16. The monoisotopic (exact) mass is 505 g/mol. The number of aryl methyl sites for hydroxylation is 2. The maximum Gasteiger partial charge on any atom is 0.490 e. The minimum atomic E-state index is -5.08. The lowest BCUT2D eigenvalue weighted by Crippen LogP contribution is -2.25. The van der Waals surface area contributed by atoms with Crippen molar-refractivity contribution in [2.45, 2.75) is 45.5 Å². The molecule has 33 heavy (non-hydrogen) atoms. The van der Waals surface area contributed by atoms with Gasteiger partial charge in [-0.2, -0.15) is 13.2 Å². The van der Waals surface area contributed by atoms with Crippen LogP contribution in [0.4, 0.5) is 13.2 Å². The molecule has 0 aliphatic rings. The zero-order valence-corrected chi connectivity index (χ0v) is 19.3. The third kappa shape index (κ3) is 7.43. The van der Waals surface area contributed by atoms with E-state index in [1.54, 1.807) is 18.2 Å². The van der Waals surface area contributed by atoms with Gasteiger partial charge < -0.3 is 19.0 Å². The molecule has 0 spiro atoms. The van der Waals surface area contributed by atoms with E-state index in [0.29, 0.717) is 28.0 Å². The lowest BCUT2D eigenvalue weighted by Gasteiger charge is -2.09. The van der Waals surface area contributed by atoms with E-state index in [2.05, 4.69) is 28.2 Å². The number of imidazole rings is 1. The van der Waals surface area contributed by atoms with Gasteiger partial charge in [0.2, 0.25) is 5.62 Å². The van der Waals surface area contributed by atoms with E-state index in [1.807, 2.05) is 12.1 Å². The van der Waals surface area contributed by atoms with Gasteiger partial charge in [0.1, 0.15) is 5.75 Å². The maximum absolute atomic E-state index is 10.6. The fraction of sp³-hybridized carbons (Fsp3) is 0.364. The number of aliphatic carboxylic acids is 1. The van der Waals surface area contributed by atoms with Crippen LogP contribution in [-0.4, -0.2) is 33.0 Å². The van der Waals surface area contributed by atoms with Crippen molar-refractivity contribution in [3.63, 3.8) is 0 Å². The van der Waals surface area contributed by atoms with Crippen LogP contribution in [0, 0.1) is 5.41 Å². The number of para-hydroxylation sites is 2. The van der Waals surface area contributed by atoms with Crippen LogP contribution in [0.2, 0.25) is 10.0 Å². The summed E-state index contributed by atoms with van der Waals surface area (Å²) in [5.41, 5.74) is 2.76. The molecule has 0 saturated heterocycles. The molecule has 3 aromatic rings. The Labute approximate surface area is 198 Å². The Morgan fingerprint density at radius 2 is 1.61 bits per heavy atom. The smallest absolute Gasteiger partial charge is 0.490 e. The lowest BCUT2D eigenvalue weighted by molar-refractivity contribution is -0.192. The molecule has 1 heterocycles. The van der Waals surface area contributed by atoms with Gasteiger partial charge in [-0.3, -0.25) is 5.41 Å². The predicted octanol–water partition coefficient (Wildman–Crippen LogP) is 6.13. The van der Waals surface area contributed by atoms with Gasteiger partial charge in [0, 0.05) is 18.1 Å². The van der Waals surface area contributed by atoms with E-state index in [-0.39, 0.29) is 0 Å². The van der Waals surface area contributed by atoms with Gasteiger partial charge in [0.05, 0.1) is 22.7 Å². The second-order valence-corrected chi connectivity index (χ2v) is 7.89. The van der Waals surface area contributed by atoms with Gasteiger partial charge in [0.25, 0.3) is 0 Å². The van der Waals surface area contributed by atoms with Crippen LogP contribution < -0.4 is 10.4 Å². The van der Waals surface area contributed by atoms with Gasteiger partial charge in [-0.1, -0.05) is 48.7 Å². The largest absolute Gasteiger partial charge is 0.492 e. The van der Waals surface area contributed by atoms with E-state index in [0.717, 1.165) is 43.4 Å². The molecule has 0 aliphatic heterocycles. The van der Waals surface area contributed by atoms with Crippen LogP contribution in [0.15, 0.2) is 42.5 Å². The molecule has 0 fully saturated rings. The summed E-state index contributed by atoms with van der Waals surface area (Å²) in [4.78, 5) is 8.90. The van der Waals surface area contributed by atoms with E-state index >= 15 is 0 Å². The zero-order chi connectivity index (χ0) is 24.6. The van der Waals surface area contributed by atoms with Crippen LogP contribution in [0.5, 0.6) is 5.75 Å². The highest BCUT2D eigenvalue weighted by Crippen LogP contribution is 2.27. The first-order valence-electron chi connectivity index (χ1n) is 10.2. The van der Waals surface area contributed by atoms with Crippen LogP contribution in [0.25, 0.3) is 11.0 Å². The van der Waals surface area contributed by atoms with Crippen molar-refractivity contribution in [2.75, 3.05) is 6.61 Å². The normalized spacial score (nSPS) is 11.2. The first-order chi connectivity index (χ1) is 15.6. The summed E-state index contributed by atoms with van der Waals surface area (Å²) in [6.07, 6.45) is -2.11. The van der Waals surface area contributed by atoms with Crippen LogP contribution >= 0.6 is 23.2 Å². The maximum atomic E-state index is 10.6. The number of carbonyl (C=O) groups is 1. The molecule has 0 bridgehead atoms. The van der Waals surface area contributed by atoms with Gasteiger partial charge in [-0.15, -0.1) is 0 Å². The van der Waals surface area contributed by atoms with Crippen molar-refractivity contribution in [2.24, 2.45) is 0 Å².